The predicted molar refractivity (Wildman–Crippen MR) is 56.3 cm³/mol. The second kappa shape index (κ2) is 4.63. The normalized spacial score (nSPS) is 12.5. The van der Waals surface area contributed by atoms with Crippen molar-refractivity contribution < 1.29 is 16.0 Å². The number of rotatable bonds is 4. The first-order valence-corrected chi connectivity index (χ1v) is 5.27. The van der Waals surface area contributed by atoms with Crippen LogP contribution in [0.1, 0.15) is 36.7 Å². The molecule has 76 valence electrons. The molecule has 0 saturated carbocycles. The Balaban J connectivity index is 3.28. The summed E-state index contributed by atoms with van der Waals surface area (Å²) in [5.74, 6) is 0.253. The minimum atomic E-state index is 0.253. The Labute approximate surface area is 93.1 Å². The van der Waals surface area contributed by atoms with Crippen LogP contribution >= 0.6 is 0 Å². The van der Waals surface area contributed by atoms with Crippen molar-refractivity contribution >= 4 is 10.7 Å². The van der Waals surface area contributed by atoms with Gasteiger partial charge in [-0.25, -0.2) is 0 Å². The molecular formula is C11H15MnN2. The third-order valence-electron chi connectivity index (χ3n) is 2.38. The molecule has 0 aliphatic rings. The monoisotopic (exact) mass is 230 g/mol. The number of H-pyrrole nitrogens is 1. The SMILES string of the molecule is C=CC(C)c1[nH]c(CC)[c]([Mn])c1C=N. The predicted octanol–water partition coefficient (Wildman–Crippen LogP) is 2.04. The summed E-state index contributed by atoms with van der Waals surface area (Å²) >= 11 is 3.50. The second-order valence-electron chi connectivity index (χ2n) is 3.27. The fourth-order valence-corrected chi connectivity index (χ4v) is 1.95. The van der Waals surface area contributed by atoms with Crippen LogP contribution in [0.2, 0.25) is 0 Å². The van der Waals surface area contributed by atoms with Crippen LogP contribution in [0, 0.1) is 5.41 Å². The zero-order valence-electron chi connectivity index (χ0n) is 8.52. The standard InChI is InChI=1S/C11H15N2.Mn/c1-4-8(3)11-9(7-12)6-10(5-2)13-11;/h4,7-8,12-13H,1,5H2,2-3H3;. The van der Waals surface area contributed by atoms with Crippen LogP contribution in [-0.2, 0) is 22.4 Å². The van der Waals surface area contributed by atoms with Crippen LogP contribution in [-0.4, -0.2) is 11.2 Å². The van der Waals surface area contributed by atoms with E-state index >= 15 is 0 Å². The number of nitrogens with one attached hydrogen (secondary N) is 2. The van der Waals surface area contributed by atoms with Crippen LogP contribution in [0.3, 0.4) is 0 Å². The average Bonchev–Trinajstić information content (AvgIpc) is 2.53. The van der Waals surface area contributed by atoms with E-state index in [4.69, 9.17) is 5.41 Å². The molecule has 0 amide bonds. The van der Waals surface area contributed by atoms with E-state index in [0.29, 0.717) is 0 Å². The van der Waals surface area contributed by atoms with Crippen LogP contribution in [0.15, 0.2) is 12.7 Å². The molecule has 14 heavy (non-hydrogen) atoms. The topological polar surface area (TPSA) is 39.6 Å². The number of allylic oxidation sites excluding steroid dienone is 1. The van der Waals surface area contributed by atoms with E-state index in [0.717, 1.165) is 27.8 Å². The summed E-state index contributed by atoms with van der Waals surface area (Å²) in [6.45, 7) is 7.92. The van der Waals surface area contributed by atoms with Gasteiger partial charge in [-0.05, 0) is 0 Å². The Kier molecular flexibility index (Phi) is 3.73. The molecule has 0 fully saturated rings. The summed E-state index contributed by atoms with van der Waals surface area (Å²) < 4.78 is 1.01. The van der Waals surface area contributed by atoms with Gasteiger partial charge in [0.25, 0.3) is 0 Å². The number of aryl methyl sites for hydroxylation is 1. The van der Waals surface area contributed by atoms with Crippen molar-refractivity contribution in [2.24, 2.45) is 0 Å². The van der Waals surface area contributed by atoms with Gasteiger partial charge in [0, 0.05) is 0 Å². The molecule has 1 atom stereocenters. The van der Waals surface area contributed by atoms with Gasteiger partial charge in [-0.1, -0.05) is 0 Å². The summed E-state index contributed by atoms with van der Waals surface area (Å²) in [7, 11) is 0. The van der Waals surface area contributed by atoms with Gasteiger partial charge in [-0.15, -0.1) is 0 Å². The number of aromatic nitrogens is 1. The van der Waals surface area contributed by atoms with Gasteiger partial charge in [0.15, 0.2) is 0 Å². The first kappa shape index (κ1) is 11.3. The quantitative estimate of drug-likeness (QED) is 0.451. The Hall–Kier alpha value is -0.791. The fourth-order valence-electron chi connectivity index (χ4n) is 1.43. The van der Waals surface area contributed by atoms with E-state index in [9.17, 15) is 0 Å². The van der Waals surface area contributed by atoms with Gasteiger partial charge in [0.2, 0.25) is 0 Å². The minimum absolute atomic E-state index is 0.253. The maximum atomic E-state index is 7.37. The van der Waals surface area contributed by atoms with Gasteiger partial charge in [-0.2, -0.15) is 0 Å². The van der Waals surface area contributed by atoms with E-state index in [-0.39, 0.29) is 5.92 Å². The van der Waals surface area contributed by atoms with Crippen molar-refractivity contribution in [3.63, 3.8) is 0 Å². The van der Waals surface area contributed by atoms with Crippen molar-refractivity contribution in [3.8, 4) is 0 Å². The number of hydrogen-bond acceptors (Lipinski definition) is 1. The average molecular weight is 230 g/mol. The number of hydrogen-bond donors (Lipinski definition) is 2. The third-order valence-corrected chi connectivity index (χ3v) is 3.06. The molecule has 0 radical (unpaired) electrons. The van der Waals surface area contributed by atoms with Crippen LogP contribution in [0.25, 0.3) is 0 Å². The first-order valence-electron chi connectivity index (χ1n) is 4.68. The van der Waals surface area contributed by atoms with E-state index in [1.807, 2.05) is 6.08 Å². The zero-order chi connectivity index (χ0) is 10.7. The summed E-state index contributed by atoms with van der Waals surface area (Å²) in [6.07, 6.45) is 4.20. The second-order valence-corrected chi connectivity index (χ2v) is 3.86. The van der Waals surface area contributed by atoms with Crippen molar-refractivity contribution in [1.29, 1.82) is 5.41 Å². The van der Waals surface area contributed by atoms with E-state index in [2.05, 4.69) is 41.4 Å². The maximum absolute atomic E-state index is 7.37. The number of aromatic amines is 1. The molecule has 1 rings (SSSR count). The molecule has 1 aromatic rings. The van der Waals surface area contributed by atoms with Gasteiger partial charge < -0.3 is 0 Å². The van der Waals surface area contributed by atoms with Crippen molar-refractivity contribution in [2.75, 3.05) is 0 Å². The Morgan fingerprint density at radius 3 is 2.71 bits per heavy atom. The molecule has 2 nitrogen and oxygen atoms in total. The van der Waals surface area contributed by atoms with Crippen LogP contribution < -0.4 is 4.46 Å². The molecule has 0 spiro atoms. The van der Waals surface area contributed by atoms with Crippen molar-refractivity contribution in [1.82, 2.24) is 4.98 Å². The third kappa shape index (κ3) is 1.84. The molecule has 2 N–H and O–H groups in total. The Morgan fingerprint density at radius 2 is 2.29 bits per heavy atom. The zero-order valence-corrected chi connectivity index (χ0v) is 9.70. The summed E-state index contributed by atoms with van der Waals surface area (Å²) in [4.78, 5) is 3.33. The van der Waals surface area contributed by atoms with Gasteiger partial charge in [-0.3, -0.25) is 0 Å². The molecular weight excluding hydrogens is 215 g/mol. The first-order chi connectivity index (χ1) is 6.65. The Bertz CT molecular complexity index is 352. The fraction of sp³-hybridized carbons (Fsp3) is 0.364. The Morgan fingerprint density at radius 1 is 1.64 bits per heavy atom. The van der Waals surface area contributed by atoms with Crippen molar-refractivity contribution in [3.05, 3.63) is 29.6 Å². The molecule has 0 bridgehead atoms. The summed E-state index contributed by atoms with van der Waals surface area (Å²) in [6, 6.07) is 0. The molecule has 0 aliphatic carbocycles. The molecule has 1 aromatic heterocycles. The summed E-state index contributed by atoms with van der Waals surface area (Å²) in [5, 5.41) is 7.37. The van der Waals surface area contributed by atoms with Crippen LogP contribution in [0.4, 0.5) is 0 Å². The molecule has 3 heteroatoms. The molecule has 1 unspecified atom stereocenters. The van der Waals surface area contributed by atoms with Gasteiger partial charge >= 0.3 is 92.9 Å². The van der Waals surface area contributed by atoms with Gasteiger partial charge in [0.1, 0.15) is 0 Å². The van der Waals surface area contributed by atoms with Crippen molar-refractivity contribution in [2.45, 2.75) is 26.2 Å². The van der Waals surface area contributed by atoms with Crippen LogP contribution in [0.5, 0.6) is 0 Å². The molecule has 0 aliphatic heterocycles. The van der Waals surface area contributed by atoms with E-state index < -0.39 is 0 Å². The molecule has 0 saturated heterocycles. The van der Waals surface area contributed by atoms with Gasteiger partial charge in [0.05, 0.1) is 0 Å². The van der Waals surface area contributed by atoms with E-state index in [1.165, 1.54) is 6.21 Å². The molecule has 0 aromatic carbocycles. The summed E-state index contributed by atoms with van der Waals surface area (Å²) in [5.41, 5.74) is 3.15. The molecule has 1 heterocycles. The van der Waals surface area contributed by atoms with E-state index in [1.54, 1.807) is 0 Å².